The van der Waals surface area contributed by atoms with Gasteiger partial charge in [0.15, 0.2) is 0 Å². The quantitative estimate of drug-likeness (QED) is 0.408. The minimum atomic E-state index is -4.17. The molecule has 3 aromatic rings. The first-order valence-corrected chi connectivity index (χ1v) is 10.6. The number of rotatable bonds is 8. The number of nitrogens with one attached hydrogen (secondary N) is 2. The number of hydrogen-bond acceptors (Lipinski definition) is 5. The van der Waals surface area contributed by atoms with E-state index in [4.69, 9.17) is 0 Å². The van der Waals surface area contributed by atoms with Gasteiger partial charge in [0.25, 0.3) is 21.6 Å². The maximum atomic E-state index is 13.2. The van der Waals surface area contributed by atoms with Gasteiger partial charge in [-0.2, -0.15) is 0 Å². The predicted molar refractivity (Wildman–Crippen MR) is 113 cm³/mol. The zero-order valence-corrected chi connectivity index (χ0v) is 16.9. The van der Waals surface area contributed by atoms with Crippen molar-refractivity contribution in [2.75, 3.05) is 11.3 Å². The summed E-state index contributed by atoms with van der Waals surface area (Å²) in [6, 6.07) is 16.6. The molecule has 160 valence electrons. The van der Waals surface area contributed by atoms with E-state index in [0.717, 1.165) is 6.07 Å². The van der Waals surface area contributed by atoms with Gasteiger partial charge < -0.3 is 5.32 Å². The van der Waals surface area contributed by atoms with Gasteiger partial charge in [-0.3, -0.25) is 19.6 Å². The third-order valence-corrected chi connectivity index (χ3v) is 5.71. The number of non-ortho nitro benzene ring substituents is 1. The number of carbonyl (C=O) groups is 1. The van der Waals surface area contributed by atoms with Crippen molar-refractivity contribution in [2.24, 2.45) is 0 Å². The summed E-state index contributed by atoms with van der Waals surface area (Å²) in [6.07, 6.45) is 0.394. The van der Waals surface area contributed by atoms with Crippen LogP contribution >= 0.6 is 0 Å². The van der Waals surface area contributed by atoms with E-state index in [0.29, 0.717) is 12.0 Å². The van der Waals surface area contributed by atoms with Crippen LogP contribution in [0.4, 0.5) is 15.8 Å². The van der Waals surface area contributed by atoms with Crippen LogP contribution in [0.3, 0.4) is 0 Å². The van der Waals surface area contributed by atoms with Gasteiger partial charge >= 0.3 is 0 Å². The molecule has 10 heteroatoms. The molecule has 0 atom stereocenters. The molecular formula is C21H18FN3O5S. The Morgan fingerprint density at radius 1 is 1.00 bits per heavy atom. The number of sulfonamides is 1. The standard InChI is InChI=1S/C21H18FN3O5S/c22-16-6-3-5-15(13-16)11-12-23-21(26)19-9-1-2-10-20(19)24-31(29,30)18-8-4-7-17(14-18)25(27)28/h1-10,13-14,24H,11-12H2,(H,23,26). The average Bonchev–Trinajstić information content (AvgIpc) is 2.74. The predicted octanol–water partition coefficient (Wildman–Crippen LogP) is 3.51. The summed E-state index contributed by atoms with van der Waals surface area (Å²) in [5.41, 5.74) is 0.444. The van der Waals surface area contributed by atoms with Crippen molar-refractivity contribution in [3.8, 4) is 0 Å². The number of para-hydroxylation sites is 1. The Bertz CT molecular complexity index is 1230. The summed E-state index contributed by atoms with van der Waals surface area (Å²) >= 11 is 0. The number of benzene rings is 3. The van der Waals surface area contributed by atoms with Crippen molar-refractivity contribution in [1.29, 1.82) is 0 Å². The van der Waals surface area contributed by atoms with E-state index in [-0.39, 0.29) is 34.2 Å². The fourth-order valence-corrected chi connectivity index (χ4v) is 3.97. The number of carbonyl (C=O) groups excluding carboxylic acids is 1. The van der Waals surface area contributed by atoms with E-state index in [1.54, 1.807) is 24.3 Å². The minimum Gasteiger partial charge on any atom is -0.352 e. The molecule has 3 rings (SSSR count). The fourth-order valence-electron chi connectivity index (χ4n) is 2.85. The van der Waals surface area contributed by atoms with Gasteiger partial charge in [0, 0.05) is 18.7 Å². The van der Waals surface area contributed by atoms with E-state index in [2.05, 4.69) is 10.0 Å². The molecule has 0 aliphatic heterocycles. The number of nitro benzene ring substituents is 1. The highest BCUT2D eigenvalue weighted by Crippen LogP contribution is 2.22. The van der Waals surface area contributed by atoms with Crippen LogP contribution in [-0.2, 0) is 16.4 Å². The molecule has 0 unspecified atom stereocenters. The van der Waals surface area contributed by atoms with Crippen molar-refractivity contribution in [1.82, 2.24) is 5.32 Å². The van der Waals surface area contributed by atoms with Gasteiger partial charge in [0.05, 0.1) is 21.1 Å². The Hall–Kier alpha value is -3.79. The van der Waals surface area contributed by atoms with Crippen LogP contribution in [0.25, 0.3) is 0 Å². The first-order valence-electron chi connectivity index (χ1n) is 9.15. The zero-order chi connectivity index (χ0) is 22.4. The Labute approximate surface area is 177 Å². The summed E-state index contributed by atoms with van der Waals surface area (Å²) in [4.78, 5) is 22.5. The SMILES string of the molecule is O=C(NCCc1cccc(F)c1)c1ccccc1NS(=O)(=O)c1cccc([N+](=O)[O-])c1. The summed E-state index contributed by atoms with van der Waals surface area (Å²) in [6.45, 7) is 0.217. The van der Waals surface area contributed by atoms with Crippen LogP contribution in [-0.4, -0.2) is 25.8 Å². The number of nitro groups is 1. The van der Waals surface area contributed by atoms with Crippen LogP contribution in [0.5, 0.6) is 0 Å². The molecule has 0 aromatic heterocycles. The Balaban J connectivity index is 1.74. The Morgan fingerprint density at radius 3 is 2.48 bits per heavy atom. The van der Waals surface area contributed by atoms with Crippen molar-refractivity contribution in [2.45, 2.75) is 11.3 Å². The maximum absolute atomic E-state index is 13.2. The normalized spacial score (nSPS) is 11.0. The highest BCUT2D eigenvalue weighted by Gasteiger charge is 2.20. The first-order chi connectivity index (χ1) is 14.8. The van der Waals surface area contributed by atoms with Gasteiger partial charge in [-0.25, -0.2) is 12.8 Å². The number of anilines is 1. The van der Waals surface area contributed by atoms with Crippen LogP contribution < -0.4 is 10.0 Å². The van der Waals surface area contributed by atoms with Gasteiger partial charge in [-0.1, -0.05) is 30.3 Å². The molecule has 8 nitrogen and oxygen atoms in total. The lowest BCUT2D eigenvalue weighted by atomic mass is 10.1. The number of nitrogens with zero attached hydrogens (tertiary/aromatic N) is 1. The van der Waals surface area contributed by atoms with E-state index in [9.17, 15) is 27.7 Å². The fraction of sp³-hybridized carbons (Fsp3) is 0.0952. The molecule has 0 saturated carbocycles. The highest BCUT2D eigenvalue weighted by atomic mass is 32.2. The Kier molecular flexibility index (Phi) is 6.61. The average molecular weight is 443 g/mol. The molecule has 0 saturated heterocycles. The third-order valence-electron chi connectivity index (χ3n) is 4.34. The number of hydrogen-bond donors (Lipinski definition) is 2. The van der Waals surface area contributed by atoms with Gasteiger partial charge in [-0.15, -0.1) is 0 Å². The molecule has 0 spiro atoms. The second-order valence-corrected chi connectivity index (χ2v) is 8.22. The topological polar surface area (TPSA) is 118 Å². The second-order valence-electron chi connectivity index (χ2n) is 6.54. The van der Waals surface area contributed by atoms with Crippen molar-refractivity contribution in [3.63, 3.8) is 0 Å². The summed E-state index contributed by atoms with van der Waals surface area (Å²) < 4.78 is 40.9. The summed E-state index contributed by atoms with van der Waals surface area (Å²) in [5, 5.41) is 13.6. The molecule has 1 amide bonds. The van der Waals surface area contributed by atoms with Crippen molar-refractivity contribution >= 4 is 27.3 Å². The third kappa shape index (κ3) is 5.64. The molecule has 0 radical (unpaired) electrons. The number of amides is 1. The number of halogens is 1. The lowest BCUT2D eigenvalue weighted by molar-refractivity contribution is -0.385. The van der Waals surface area contributed by atoms with E-state index in [1.165, 1.54) is 42.5 Å². The molecular weight excluding hydrogens is 425 g/mol. The van der Waals surface area contributed by atoms with E-state index in [1.807, 2.05) is 0 Å². The van der Waals surface area contributed by atoms with Crippen LogP contribution in [0.15, 0.2) is 77.7 Å². The smallest absolute Gasteiger partial charge is 0.270 e. The first kappa shape index (κ1) is 21.9. The second kappa shape index (κ2) is 9.35. The molecule has 0 fully saturated rings. The van der Waals surface area contributed by atoms with E-state index >= 15 is 0 Å². The molecule has 31 heavy (non-hydrogen) atoms. The Morgan fingerprint density at radius 2 is 1.74 bits per heavy atom. The summed E-state index contributed by atoms with van der Waals surface area (Å²) in [7, 11) is -4.17. The van der Waals surface area contributed by atoms with Gasteiger partial charge in [0.1, 0.15) is 5.82 Å². The van der Waals surface area contributed by atoms with Crippen molar-refractivity contribution < 1.29 is 22.5 Å². The largest absolute Gasteiger partial charge is 0.352 e. The van der Waals surface area contributed by atoms with Crippen LogP contribution in [0.1, 0.15) is 15.9 Å². The van der Waals surface area contributed by atoms with Crippen LogP contribution in [0.2, 0.25) is 0 Å². The molecule has 3 aromatic carbocycles. The zero-order valence-electron chi connectivity index (χ0n) is 16.1. The monoisotopic (exact) mass is 443 g/mol. The maximum Gasteiger partial charge on any atom is 0.270 e. The van der Waals surface area contributed by atoms with Gasteiger partial charge in [0.2, 0.25) is 0 Å². The highest BCUT2D eigenvalue weighted by molar-refractivity contribution is 7.92. The molecule has 0 bridgehead atoms. The lowest BCUT2D eigenvalue weighted by Crippen LogP contribution is -2.27. The van der Waals surface area contributed by atoms with Crippen LogP contribution in [0, 0.1) is 15.9 Å². The molecule has 0 aliphatic rings. The molecule has 0 heterocycles. The lowest BCUT2D eigenvalue weighted by Gasteiger charge is -2.13. The van der Waals surface area contributed by atoms with Crippen molar-refractivity contribution in [3.05, 3.63) is 99.9 Å². The molecule has 2 N–H and O–H groups in total. The van der Waals surface area contributed by atoms with Gasteiger partial charge in [-0.05, 0) is 42.3 Å². The summed E-state index contributed by atoms with van der Waals surface area (Å²) in [5.74, 6) is -0.890. The molecule has 0 aliphatic carbocycles. The minimum absolute atomic E-state index is 0.0252. The van der Waals surface area contributed by atoms with E-state index < -0.39 is 20.9 Å².